The third-order valence-corrected chi connectivity index (χ3v) is 2.30. The molecule has 0 aromatic heterocycles. The van der Waals surface area contributed by atoms with Crippen LogP contribution < -0.4 is 16.0 Å². The number of rotatable bonds is 5. The van der Waals surface area contributed by atoms with E-state index in [4.69, 9.17) is 22.2 Å². The Bertz CT molecular complexity index is 358. The predicted octanol–water partition coefficient (Wildman–Crippen LogP) is 1.88. The summed E-state index contributed by atoms with van der Waals surface area (Å²) in [4.78, 5) is 11.4. The van der Waals surface area contributed by atoms with Crippen LogP contribution in [0.2, 0.25) is 5.02 Å². The Hall–Kier alpha value is -1.26. The normalized spacial score (nSPS) is 11.9. The van der Waals surface area contributed by atoms with Crippen molar-refractivity contribution in [2.24, 2.45) is 5.84 Å². The molecular formula is C11H15ClN2O2. The maximum atomic E-state index is 11.4. The second-order valence-electron chi connectivity index (χ2n) is 3.36. The van der Waals surface area contributed by atoms with Crippen molar-refractivity contribution in [3.8, 4) is 5.75 Å². The van der Waals surface area contributed by atoms with Gasteiger partial charge >= 0.3 is 0 Å². The Morgan fingerprint density at radius 1 is 1.62 bits per heavy atom. The van der Waals surface area contributed by atoms with E-state index in [0.29, 0.717) is 17.2 Å². The number of amides is 1. The molecule has 0 aliphatic carbocycles. The molecule has 0 radical (unpaired) electrons. The van der Waals surface area contributed by atoms with Crippen LogP contribution in [0.1, 0.15) is 19.8 Å². The van der Waals surface area contributed by atoms with Gasteiger partial charge in [-0.2, -0.15) is 0 Å². The number of nitrogens with one attached hydrogen (secondary N) is 1. The minimum absolute atomic E-state index is 0.332. The van der Waals surface area contributed by atoms with Gasteiger partial charge in [0.25, 0.3) is 5.91 Å². The van der Waals surface area contributed by atoms with E-state index in [0.717, 1.165) is 6.42 Å². The third-order valence-electron chi connectivity index (χ3n) is 2.06. The lowest BCUT2D eigenvalue weighted by Gasteiger charge is -2.16. The summed E-state index contributed by atoms with van der Waals surface area (Å²) >= 11 is 5.81. The summed E-state index contributed by atoms with van der Waals surface area (Å²) in [6.07, 6.45) is 0.863. The van der Waals surface area contributed by atoms with Gasteiger partial charge in [-0.3, -0.25) is 10.2 Å². The first kappa shape index (κ1) is 12.8. The molecule has 1 atom stereocenters. The summed E-state index contributed by atoms with van der Waals surface area (Å²) in [5, 5.41) is 0.570. The Balaban J connectivity index is 2.71. The van der Waals surface area contributed by atoms with Crippen LogP contribution in [0.3, 0.4) is 0 Å². The highest BCUT2D eigenvalue weighted by atomic mass is 35.5. The van der Waals surface area contributed by atoms with Gasteiger partial charge in [0, 0.05) is 5.02 Å². The van der Waals surface area contributed by atoms with Gasteiger partial charge in [-0.25, -0.2) is 5.84 Å². The van der Waals surface area contributed by atoms with Gasteiger partial charge in [-0.05, 0) is 24.6 Å². The second kappa shape index (κ2) is 6.35. The molecule has 1 unspecified atom stereocenters. The van der Waals surface area contributed by atoms with E-state index in [1.165, 1.54) is 0 Å². The van der Waals surface area contributed by atoms with E-state index < -0.39 is 6.10 Å². The fraction of sp³-hybridized carbons (Fsp3) is 0.364. The zero-order valence-electron chi connectivity index (χ0n) is 9.07. The van der Waals surface area contributed by atoms with Crippen molar-refractivity contribution in [2.45, 2.75) is 25.9 Å². The lowest BCUT2D eigenvalue weighted by Crippen LogP contribution is -2.42. The van der Waals surface area contributed by atoms with Crippen LogP contribution in [0.4, 0.5) is 0 Å². The molecule has 0 saturated carbocycles. The highest BCUT2D eigenvalue weighted by Gasteiger charge is 2.18. The molecule has 0 aliphatic rings. The molecule has 1 amide bonds. The van der Waals surface area contributed by atoms with Gasteiger partial charge in [0.1, 0.15) is 5.75 Å². The van der Waals surface area contributed by atoms with Crippen molar-refractivity contribution >= 4 is 17.5 Å². The molecule has 1 rings (SSSR count). The van der Waals surface area contributed by atoms with Gasteiger partial charge in [0.15, 0.2) is 6.10 Å². The first-order valence-electron chi connectivity index (χ1n) is 5.10. The Morgan fingerprint density at radius 2 is 2.38 bits per heavy atom. The molecule has 16 heavy (non-hydrogen) atoms. The monoisotopic (exact) mass is 242 g/mol. The van der Waals surface area contributed by atoms with Crippen LogP contribution >= 0.6 is 11.6 Å². The van der Waals surface area contributed by atoms with Crippen molar-refractivity contribution < 1.29 is 9.53 Å². The van der Waals surface area contributed by atoms with E-state index in [1.807, 2.05) is 6.92 Å². The van der Waals surface area contributed by atoms with Crippen molar-refractivity contribution in [2.75, 3.05) is 0 Å². The highest BCUT2D eigenvalue weighted by Crippen LogP contribution is 2.19. The highest BCUT2D eigenvalue weighted by molar-refractivity contribution is 6.30. The molecule has 1 aromatic rings. The second-order valence-corrected chi connectivity index (χ2v) is 3.80. The molecule has 0 heterocycles. The lowest BCUT2D eigenvalue weighted by atomic mass is 10.2. The minimum atomic E-state index is -0.575. The van der Waals surface area contributed by atoms with Gasteiger partial charge < -0.3 is 4.74 Å². The average Bonchev–Trinajstić information content (AvgIpc) is 2.27. The molecule has 1 aromatic carbocycles. The van der Waals surface area contributed by atoms with Gasteiger partial charge in [-0.15, -0.1) is 0 Å². The van der Waals surface area contributed by atoms with Gasteiger partial charge in [0.2, 0.25) is 0 Å². The van der Waals surface area contributed by atoms with Crippen LogP contribution in [0.15, 0.2) is 24.3 Å². The quantitative estimate of drug-likeness (QED) is 0.471. The number of carbonyl (C=O) groups is 1. The summed E-state index contributed by atoms with van der Waals surface area (Å²) in [7, 11) is 0. The van der Waals surface area contributed by atoms with Gasteiger partial charge in [0.05, 0.1) is 0 Å². The molecule has 0 saturated heterocycles. The molecule has 88 valence electrons. The molecule has 3 N–H and O–H groups in total. The number of halogens is 1. The topological polar surface area (TPSA) is 64.3 Å². The summed E-state index contributed by atoms with van der Waals surface area (Å²) < 4.78 is 5.51. The summed E-state index contributed by atoms with van der Waals surface area (Å²) in [6, 6.07) is 6.92. The van der Waals surface area contributed by atoms with Crippen molar-refractivity contribution in [3.05, 3.63) is 29.3 Å². The number of carbonyl (C=O) groups excluding carboxylic acids is 1. The van der Waals surface area contributed by atoms with E-state index in [-0.39, 0.29) is 5.91 Å². The largest absolute Gasteiger partial charge is 0.481 e. The predicted molar refractivity (Wildman–Crippen MR) is 63.1 cm³/mol. The van der Waals surface area contributed by atoms with Crippen molar-refractivity contribution in [1.29, 1.82) is 0 Å². The fourth-order valence-electron chi connectivity index (χ4n) is 1.30. The van der Waals surface area contributed by atoms with E-state index in [1.54, 1.807) is 24.3 Å². The van der Waals surface area contributed by atoms with Crippen LogP contribution in [0, 0.1) is 0 Å². The summed E-state index contributed by atoms with van der Waals surface area (Å²) in [5.74, 6) is 5.31. The lowest BCUT2D eigenvalue weighted by molar-refractivity contribution is -0.128. The molecule has 0 aliphatic heterocycles. The first-order valence-corrected chi connectivity index (χ1v) is 5.47. The molecular weight excluding hydrogens is 228 g/mol. The Labute approximate surface area is 99.7 Å². The van der Waals surface area contributed by atoms with E-state index in [9.17, 15) is 4.79 Å². The standard InChI is InChI=1S/C11H15ClN2O2/c1-2-4-10(11(15)14-13)16-9-6-3-5-8(12)7-9/h3,5-7,10H,2,4,13H2,1H3,(H,14,15). The maximum Gasteiger partial charge on any atom is 0.274 e. The molecule has 5 heteroatoms. The number of ether oxygens (including phenoxy) is 1. The number of hydrogen-bond donors (Lipinski definition) is 2. The summed E-state index contributed by atoms with van der Waals surface area (Å²) in [5.41, 5.74) is 2.09. The van der Waals surface area contributed by atoms with E-state index >= 15 is 0 Å². The SMILES string of the molecule is CCCC(Oc1cccc(Cl)c1)C(=O)NN. The molecule has 0 fully saturated rings. The minimum Gasteiger partial charge on any atom is -0.481 e. The van der Waals surface area contributed by atoms with Crippen LogP contribution in [-0.4, -0.2) is 12.0 Å². The van der Waals surface area contributed by atoms with Crippen LogP contribution in [0.5, 0.6) is 5.75 Å². The Morgan fingerprint density at radius 3 is 2.94 bits per heavy atom. The van der Waals surface area contributed by atoms with Crippen molar-refractivity contribution in [3.63, 3.8) is 0 Å². The Kier molecular flexibility index (Phi) is 5.08. The first-order chi connectivity index (χ1) is 7.67. The number of hydrazine groups is 1. The zero-order valence-corrected chi connectivity index (χ0v) is 9.83. The average molecular weight is 243 g/mol. The number of hydrogen-bond acceptors (Lipinski definition) is 3. The third kappa shape index (κ3) is 3.72. The molecule has 0 bridgehead atoms. The maximum absolute atomic E-state index is 11.4. The smallest absolute Gasteiger partial charge is 0.274 e. The number of benzene rings is 1. The fourth-order valence-corrected chi connectivity index (χ4v) is 1.48. The van der Waals surface area contributed by atoms with Gasteiger partial charge in [-0.1, -0.05) is 31.0 Å². The molecule has 0 spiro atoms. The van der Waals surface area contributed by atoms with E-state index in [2.05, 4.69) is 5.43 Å². The number of nitrogens with two attached hydrogens (primary N) is 1. The van der Waals surface area contributed by atoms with Crippen LogP contribution in [-0.2, 0) is 4.79 Å². The zero-order chi connectivity index (χ0) is 12.0. The van der Waals surface area contributed by atoms with Crippen LogP contribution in [0.25, 0.3) is 0 Å². The van der Waals surface area contributed by atoms with Crippen molar-refractivity contribution in [1.82, 2.24) is 5.43 Å². The summed E-state index contributed by atoms with van der Waals surface area (Å²) in [6.45, 7) is 1.97. The molecule has 4 nitrogen and oxygen atoms in total.